The molecule has 0 fully saturated rings. The van der Waals surface area contributed by atoms with E-state index in [4.69, 9.17) is 14.2 Å². The lowest BCUT2D eigenvalue weighted by Gasteiger charge is -2.19. The number of anilines is 1. The summed E-state index contributed by atoms with van der Waals surface area (Å²) in [7, 11) is 1.53. The molecule has 36 heavy (non-hydrogen) atoms. The standard InChI is InChI=1S/C29H31NO6/c1-29(2,3)21-7-13-24(14-8-21)36-25-15-9-22(10-16-25)30-27(32)17-18-28(33)35-19-26(31)20-5-11-23(34-4)12-6-20/h5-16H,17-19H2,1-4H3,(H,30,32). The SMILES string of the molecule is COc1ccc(C(=O)COC(=O)CCC(=O)Nc2ccc(Oc3ccc(C(C)(C)C)cc3)cc2)cc1. The van der Waals surface area contributed by atoms with Crippen molar-refractivity contribution in [3.63, 3.8) is 0 Å². The first kappa shape index (κ1) is 26.5. The number of esters is 1. The minimum Gasteiger partial charge on any atom is -0.497 e. The number of hydrogen-bond donors (Lipinski definition) is 1. The van der Waals surface area contributed by atoms with Gasteiger partial charge in [0.15, 0.2) is 12.4 Å². The van der Waals surface area contributed by atoms with Crippen LogP contribution in [-0.2, 0) is 19.7 Å². The number of hydrogen-bond acceptors (Lipinski definition) is 6. The van der Waals surface area contributed by atoms with Crippen LogP contribution in [-0.4, -0.2) is 31.4 Å². The van der Waals surface area contributed by atoms with Crippen LogP contribution < -0.4 is 14.8 Å². The normalized spacial score (nSPS) is 10.9. The van der Waals surface area contributed by atoms with Gasteiger partial charge in [0.2, 0.25) is 5.91 Å². The van der Waals surface area contributed by atoms with Crippen LogP contribution in [0.3, 0.4) is 0 Å². The zero-order chi connectivity index (χ0) is 26.1. The summed E-state index contributed by atoms with van der Waals surface area (Å²) in [6.07, 6.45) is -0.193. The molecule has 7 heteroatoms. The highest BCUT2D eigenvalue weighted by atomic mass is 16.5. The van der Waals surface area contributed by atoms with Crippen molar-refractivity contribution in [2.24, 2.45) is 0 Å². The molecule has 1 amide bonds. The first-order chi connectivity index (χ1) is 17.1. The Morgan fingerprint density at radius 2 is 1.31 bits per heavy atom. The summed E-state index contributed by atoms with van der Waals surface area (Å²) in [4.78, 5) is 36.3. The lowest BCUT2D eigenvalue weighted by molar-refractivity contribution is -0.143. The van der Waals surface area contributed by atoms with Crippen LogP contribution >= 0.6 is 0 Å². The van der Waals surface area contributed by atoms with E-state index < -0.39 is 5.97 Å². The van der Waals surface area contributed by atoms with Crippen LogP contribution in [0.1, 0.15) is 49.5 Å². The Morgan fingerprint density at radius 3 is 1.86 bits per heavy atom. The van der Waals surface area contributed by atoms with E-state index in [-0.39, 0.29) is 36.6 Å². The van der Waals surface area contributed by atoms with E-state index in [9.17, 15) is 14.4 Å². The van der Waals surface area contributed by atoms with Gasteiger partial charge in [-0.15, -0.1) is 0 Å². The average molecular weight is 490 g/mol. The number of rotatable bonds is 10. The monoisotopic (exact) mass is 489 g/mol. The smallest absolute Gasteiger partial charge is 0.306 e. The number of ether oxygens (including phenoxy) is 3. The van der Waals surface area contributed by atoms with Crippen molar-refractivity contribution < 1.29 is 28.6 Å². The first-order valence-electron chi connectivity index (χ1n) is 11.7. The summed E-state index contributed by atoms with van der Waals surface area (Å²) in [6, 6.07) is 21.4. The molecule has 0 radical (unpaired) electrons. The topological polar surface area (TPSA) is 90.9 Å². The molecule has 0 saturated carbocycles. The van der Waals surface area contributed by atoms with E-state index in [1.807, 2.05) is 24.3 Å². The number of benzene rings is 3. The van der Waals surface area contributed by atoms with Crippen LogP contribution in [0, 0.1) is 0 Å². The van der Waals surface area contributed by atoms with Crippen LogP contribution in [0.15, 0.2) is 72.8 Å². The molecule has 188 valence electrons. The van der Waals surface area contributed by atoms with Crippen LogP contribution in [0.4, 0.5) is 5.69 Å². The van der Waals surface area contributed by atoms with Crippen molar-refractivity contribution in [1.29, 1.82) is 0 Å². The number of carbonyl (C=O) groups is 3. The second-order valence-corrected chi connectivity index (χ2v) is 9.26. The highest BCUT2D eigenvalue weighted by Gasteiger charge is 2.14. The molecule has 0 aliphatic carbocycles. The van der Waals surface area contributed by atoms with Crippen molar-refractivity contribution in [3.05, 3.63) is 83.9 Å². The first-order valence-corrected chi connectivity index (χ1v) is 11.7. The fourth-order valence-electron chi connectivity index (χ4n) is 3.28. The highest BCUT2D eigenvalue weighted by molar-refractivity contribution is 5.98. The molecule has 0 bridgehead atoms. The van der Waals surface area contributed by atoms with E-state index in [1.165, 1.54) is 12.7 Å². The number of carbonyl (C=O) groups excluding carboxylic acids is 3. The molecule has 3 rings (SSSR count). The summed E-state index contributed by atoms with van der Waals surface area (Å²) in [5, 5.41) is 2.73. The second kappa shape index (κ2) is 12.0. The quantitative estimate of drug-likeness (QED) is 0.280. The van der Waals surface area contributed by atoms with E-state index in [1.54, 1.807) is 48.5 Å². The summed E-state index contributed by atoms with van der Waals surface area (Å²) in [5.74, 6) is 0.712. The largest absolute Gasteiger partial charge is 0.497 e. The molecule has 0 unspecified atom stereocenters. The predicted molar refractivity (Wildman–Crippen MR) is 138 cm³/mol. The molecule has 1 N–H and O–H groups in total. The molecule has 7 nitrogen and oxygen atoms in total. The van der Waals surface area contributed by atoms with Crippen molar-refractivity contribution in [2.45, 2.75) is 39.0 Å². The number of nitrogens with one attached hydrogen (secondary N) is 1. The zero-order valence-electron chi connectivity index (χ0n) is 21.0. The van der Waals surface area contributed by atoms with Gasteiger partial charge < -0.3 is 19.5 Å². The molecule has 0 aliphatic rings. The van der Waals surface area contributed by atoms with Gasteiger partial charge in [0, 0.05) is 17.7 Å². The van der Waals surface area contributed by atoms with E-state index >= 15 is 0 Å². The zero-order valence-corrected chi connectivity index (χ0v) is 21.0. The van der Waals surface area contributed by atoms with Crippen molar-refractivity contribution in [3.8, 4) is 17.2 Å². The Hall–Kier alpha value is -4.13. The van der Waals surface area contributed by atoms with Gasteiger partial charge in [-0.05, 0) is 71.6 Å². The Kier molecular flexibility index (Phi) is 8.84. The van der Waals surface area contributed by atoms with Gasteiger partial charge in [-0.25, -0.2) is 0 Å². The molecule has 0 aliphatic heterocycles. The maximum absolute atomic E-state index is 12.2. The molecule has 3 aromatic carbocycles. The van der Waals surface area contributed by atoms with Crippen molar-refractivity contribution in [1.82, 2.24) is 0 Å². The Bertz CT molecular complexity index is 1180. The molecular weight excluding hydrogens is 458 g/mol. The molecule has 0 spiro atoms. The maximum atomic E-state index is 12.2. The number of ketones is 1. The third-order valence-electron chi connectivity index (χ3n) is 5.43. The Morgan fingerprint density at radius 1 is 0.750 bits per heavy atom. The fraction of sp³-hybridized carbons (Fsp3) is 0.276. The van der Waals surface area contributed by atoms with E-state index in [0.717, 1.165) is 5.75 Å². The molecule has 0 aromatic heterocycles. The fourth-order valence-corrected chi connectivity index (χ4v) is 3.28. The van der Waals surface area contributed by atoms with Crippen LogP contribution in [0.25, 0.3) is 0 Å². The number of Topliss-reactive ketones (excluding diaryl/α,β-unsaturated/α-hetero) is 1. The summed E-state index contributed by atoms with van der Waals surface area (Å²) in [6.45, 7) is 6.09. The third-order valence-corrected chi connectivity index (χ3v) is 5.43. The number of amides is 1. The van der Waals surface area contributed by atoms with Gasteiger partial charge in [0.05, 0.1) is 13.5 Å². The predicted octanol–water partition coefficient (Wildman–Crippen LogP) is 5.93. The van der Waals surface area contributed by atoms with Gasteiger partial charge in [-0.3, -0.25) is 14.4 Å². The molecule has 0 atom stereocenters. The summed E-state index contributed by atoms with van der Waals surface area (Å²) in [5.41, 5.74) is 2.29. The van der Waals surface area contributed by atoms with Crippen LogP contribution in [0.2, 0.25) is 0 Å². The highest BCUT2D eigenvalue weighted by Crippen LogP contribution is 2.27. The summed E-state index contributed by atoms with van der Waals surface area (Å²) >= 11 is 0. The number of methoxy groups -OCH3 is 1. The summed E-state index contributed by atoms with van der Waals surface area (Å²) < 4.78 is 15.9. The molecular formula is C29H31NO6. The van der Waals surface area contributed by atoms with Gasteiger partial charge >= 0.3 is 5.97 Å². The Balaban J connectivity index is 1.40. The van der Waals surface area contributed by atoms with Gasteiger partial charge in [-0.1, -0.05) is 32.9 Å². The van der Waals surface area contributed by atoms with Gasteiger partial charge in [-0.2, -0.15) is 0 Å². The molecule has 0 saturated heterocycles. The van der Waals surface area contributed by atoms with E-state index in [2.05, 4.69) is 26.1 Å². The van der Waals surface area contributed by atoms with Crippen molar-refractivity contribution in [2.75, 3.05) is 19.0 Å². The van der Waals surface area contributed by atoms with Gasteiger partial charge in [0.25, 0.3) is 0 Å². The molecule has 0 heterocycles. The van der Waals surface area contributed by atoms with E-state index in [0.29, 0.717) is 22.7 Å². The minimum atomic E-state index is -0.617. The second-order valence-electron chi connectivity index (χ2n) is 9.26. The minimum absolute atomic E-state index is 0.0616. The molecule has 3 aromatic rings. The van der Waals surface area contributed by atoms with Crippen molar-refractivity contribution >= 4 is 23.3 Å². The Labute approximate surface area is 211 Å². The lowest BCUT2D eigenvalue weighted by Crippen LogP contribution is -2.17. The van der Waals surface area contributed by atoms with Crippen LogP contribution in [0.5, 0.6) is 17.2 Å². The maximum Gasteiger partial charge on any atom is 0.306 e. The third kappa shape index (κ3) is 7.98. The van der Waals surface area contributed by atoms with Gasteiger partial charge in [0.1, 0.15) is 17.2 Å². The average Bonchev–Trinajstić information content (AvgIpc) is 2.87. The lowest BCUT2D eigenvalue weighted by atomic mass is 9.87.